The number of hydrogen-bond acceptors (Lipinski definition) is 3. The third-order valence-electron chi connectivity index (χ3n) is 10.6. The fraction of sp³-hybridized carbons (Fsp3) is 0.933. The molecular formula is C30H54O3. The highest BCUT2D eigenvalue weighted by atomic mass is 16.5. The highest BCUT2D eigenvalue weighted by Crippen LogP contribution is 2.68. The van der Waals surface area contributed by atoms with Crippen molar-refractivity contribution in [2.75, 3.05) is 7.11 Å². The first kappa shape index (κ1) is 28.4. The maximum absolute atomic E-state index is 12.0. The van der Waals surface area contributed by atoms with Crippen molar-refractivity contribution in [3.05, 3.63) is 0 Å². The van der Waals surface area contributed by atoms with Crippen molar-refractivity contribution >= 4 is 12.3 Å². The largest absolute Gasteiger partial charge is 0.468 e. The summed E-state index contributed by atoms with van der Waals surface area (Å²) in [6.45, 7) is 15.5. The van der Waals surface area contributed by atoms with Crippen LogP contribution in [0.15, 0.2) is 0 Å². The van der Waals surface area contributed by atoms with Gasteiger partial charge in [0.05, 0.1) is 7.11 Å². The van der Waals surface area contributed by atoms with Crippen LogP contribution in [0.1, 0.15) is 119 Å². The van der Waals surface area contributed by atoms with Crippen molar-refractivity contribution in [2.24, 2.45) is 52.3 Å². The van der Waals surface area contributed by atoms with Gasteiger partial charge in [-0.2, -0.15) is 0 Å². The highest BCUT2D eigenvalue weighted by molar-refractivity contribution is 5.87. The Morgan fingerprint density at radius 1 is 0.909 bits per heavy atom. The van der Waals surface area contributed by atoms with Crippen molar-refractivity contribution in [3.8, 4) is 0 Å². The number of rotatable bonds is 5. The van der Waals surface area contributed by atoms with Gasteiger partial charge in [-0.1, -0.05) is 61.3 Å². The first-order valence-corrected chi connectivity index (χ1v) is 14.4. The van der Waals surface area contributed by atoms with Gasteiger partial charge in [-0.05, 0) is 104 Å². The Hall–Kier alpha value is -0.860. The number of esters is 1. The maximum Gasteiger partial charge on any atom is 0.315 e. The van der Waals surface area contributed by atoms with Crippen LogP contribution in [0.3, 0.4) is 0 Å². The molecule has 0 radical (unpaired) electrons. The SMILES string of the molecule is CC.CC.COC(=O)C(C=O)C[C@@H](C)C1CCC2C3CCC4CCCCC4(C)C3CCC21C. The molecule has 0 saturated heterocycles. The van der Waals surface area contributed by atoms with Gasteiger partial charge < -0.3 is 9.53 Å². The normalized spacial score (nSPS) is 40.8. The van der Waals surface area contributed by atoms with Gasteiger partial charge in [-0.25, -0.2) is 0 Å². The second-order valence-electron chi connectivity index (χ2n) is 11.6. The zero-order valence-corrected chi connectivity index (χ0v) is 23.1. The second kappa shape index (κ2) is 12.2. The molecule has 4 rings (SSSR count). The Morgan fingerprint density at radius 3 is 2.21 bits per heavy atom. The molecule has 0 aromatic carbocycles. The van der Waals surface area contributed by atoms with E-state index in [4.69, 9.17) is 4.74 Å². The van der Waals surface area contributed by atoms with E-state index in [1.807, 2.05) is 27.7 Å². The third-order valence-corrected chi connectivity index (χ3v) is 10.6. The summed E-state index contributed by atoms with van der Waals surface area (Å²) in [4.78, 5) is 23.4. The van der Waals surface area contributed by atoms with Crippen LogP contribution >= 0.6 is 0 Å². The van der Waals surface area contributed by atoms with Crippen molar-refractivity contribution in [1.29, 1.82) is 0 Å². The zero-order valence-electron chi connectivity index (χ0n) is 23.1. The molecule has 0 heterocycles. The van der Waals surface area contributed by atoms with E-state index in [2.05, 4.69) is 20.8 Å². The molecule has 4 fully saturated rings. The summed E-state index contributed by atoms with van der Waals surface area (Å²) in [6, 6.07) is 0. The van der Waals surface area contributed by atoms with Crippen LogP contribution in [0, 0.1) is 52.3 Å². The number of fused-ring (bicyclic) bond motifs is 5. The minimum atomic E-state index is -0.592. The predicted molar refractivity (Wildman–Crippen MR) is 138 cm³/mol. The minimum absolute atomic E-state index is 0.362. The topological polar surface area (TPSA) is 43.4 Å². The number of carbonyl (C=O) groups excluding carboxylic acids is 2. The highest BCUT2D eigenvalue weighted by Gasteiger charge is 2.60. The molecule has 0 spiro atoms. The monoisotopic (exact) mass is 462 g/mol. The molecule has 0 amide bonds. The summed E-state index contributed by atoms with van der Waals surface area (Å²) in [5.74, 6) is 3.76. The zero-order chi connectivity index (χ0) is 24.8. The van der Waals surface area contributed by atoms with Gasteiger partial charge in [-0.15, -0.1) is 0 Å². The Labute approximate surface area is 205 Å². The summed E-state index contributed by atoms with van der Waals surface area (Å²) in [5, 5.41) is 0. The predicted octanol–water partition coefficient (Wildman–Crippen LogP) is 8.10. The molecule has 4 aliphatic carbocycles. The lowest BCUT2D eigenvalue weighted by Crippen LogP contribution is -2.53. The van der Waals surface area contributed by atoms with E-state index in [9.17, 15) is 9.59 Å². The van der Waals surface area contributed by atoms with Crippen LogP contribution < -0.4 is 0 Å². The molecule has 0 N–H and O–H groups in total. The van der Waals surface area contributed by atoms with E-state index >= 15 is 0 Å². The summed E-state index contributed by atoms with van der Waals surface area (Å²) in [6.07, 6.45) is 15.6. The third kappa shape index (κ3) is 5.22. The summed E-state index contributed by atoms with van der Waals surface area (Å²) in [5.41, 5.74) is 0.988. The molecule has 3 heteroatoms. The quantitative estimate of drug-likeness (QED) is 0.235. The molecule has 9 atom stereocenters. The number of methoxy groups -OCH3 is 1. The fourth-order valence-electron chi connectivity index (χ4n) is 9.19. The molecule has 192 valence electrons. The van der Waals surface area contributed by atoms with E-state index in [0.717, 1.165) is 30.0 Å². The first-order chi connectivity index (χ1) is 15.8. The standard InChI is InChI=1S/C26H42O3.2C2H6/c1-17(15-18(16-27)24(28)29-4)21-10-11-22-20-9-8-19-7-5-6-13-25(19,2)23(20)12-14-26(21,22)3;2*1-2/h16-23H,5-15H2,1-4H3;2*1-2H3/t17-,18?,19?,20?,21?,22?,23?,25?,26?;;/m1../s1. The van der Waals surface area contributed by atoms with Crippen LogP contribution in [-0.4, -0.2) is 19.4 Å². The van der Waals surface area contributed by atoms with Gasteiger partial charge >= 0.3 is 5.97 Å². The molecule has 4 aliphatic rings. The average Bonchev–Trinajstić information content (AvgIpc) is 3.21. The first-order valence-electron chi connectivity index (χ1n) is 14.4. The molecular weight excluding hydrogens is 408 g/mol. The Bertz CT molecular complexity index is 630. The molecule has 0 aromatic heterocycles. The molecule has 0 aliphatic heterocycles. The second-order valence-corrected chi connectivity index (χ2v) is 11.6. The molecule has 0 bridgehead atoms. The Kier molecular flexibility index (Phi) is 10.5. The Balaban J connectivity index is 0.000000914. The van der Waals surface area contributed by atoms with Crippen molar-refractivity contribution < 1.29 is 14.3 Å². The van der Waals surface area contributed by atoms with E-state index in [1.54, 1.807) is 0 Å². The van der Waals surface area contributed by atoms with Gasteiger partial charge in [0.1, 0.15) is 12.2 Å². The number of hydrogen-bond donors (Lipinski definition) is 0. The minimum Gasteiger partial charge on any atom is -0.468 e. The van der Waals surface area contributed by atoms with Crippen LogP contribution in [-0.2, 0) is 14.3 Å². The van der Waals surface area contributed by atoms with E-state index < -0.39 is 5.92 Å². The number of carbonyl (C=O) groups is 2. The van der Waals surface area contributed by atoms with Crippen LogP contribution in [0.5, 0.6) is 0 Å². The van der Waals surface area contributed by atoms with E-state index in [-0.39, 0.29) is 5.97 Å². The summed E-state index contributed by atoms with van der Waals surface area (Å²) in [7, 11) is 1.39. The average molecular weight is 463 g/mol. The number of aldehydes is 1. The van der Waals surface area contributed by atoms with E-state index in [1.165, 1.54) is 71.3 Å². The van der Waals surface area contributed by atoms with Crippen molar-refractivity contribution in [1.82, 2.24) is 0 Å². The Morgan fingerprint density at radius 2 is 1.58 bits per heavy atom. The summed E-state index contributed by atoms with van der Waals surface area (Å²) < 4.78 is 4.86. The van der Waals surface area contributed by atoms with Gasteiger partial charge in [0.15, 0.2) is 0 Å². The van der Waals surface area contributed by atoms with Gasteiger partial charge in [0, 0.05) is 0 Å². The lowest BCUT2D eigenvalue weighted by atomic mass is 9.44. The molecule has 4 saturated carbocycles. The molecule has 33 heavy (non-hydrogen) atoms. The van der Waals surface area contributed by atoms with Crippen LogP contribution in [0.2, 0.25) is 0 Å². The van der Waals surface area contributed by atoms with Gasteiger partial charge in [0.25, 0.3) is 0 Å². The maximum atomic E-state index is 12.0. The summed E-state index contributed by atoms with van der Waals surface area (Å²) >= 11 is 0. The van der Waals surface area contributed by atoms with Gasteiger partial charge in [0.2, 0.25) is 0 Å². The van der Waals surface area contributed by atoms with Crippen molar-refractivity contribution in [3.63, 3.8) is 0 Å². The molecule has 0 aromatic rings. The van der Waals surface area contributed by atoms with Crippen LogP contribution in [0.4, 0.5) is 0 Å². The van der Waals surface area contributed by atoms with Crippen LogP contribution in [0.25, 0.3) is 0 Å². The molecule has 3 nitrogen and oxygen atoms in total. The number of ether oxygens (including phenoxy) is 1. The van der Waals surface area contributed by atoms with Gasteiger partial charge in [-0.3, -0.25) is 4.79 Å². The fourth-order valence-corrected chi connectivity index (χ4v) is 9.19. The van der Waals surface area contributed by atoms with E-state index in [0.29, 0.717) is 29.1 Å². The van der Waals surface area contributed by atoms with Crippen molar-refractivity contribution in [2.45, 2.75) is 119 Å². The molecule has 8 unspecified atom stereocenters. The smallest absolute Gasteiger partial charge is 0.315 e. The lowest BCUT2D eigenvalue weighted by Gasteiger charge is -2.61. The lowest BCUT2D eigenvalue weighted by molar-refractivity contribution is -0.148.